The van der Waals surface area contributed by atoms with Crippen LogP contribution in [-0.2, 0) is 14.8 Å². The van der Waals surface area contributed by atoms with Crippen molar-refractivity contribution in [2.24, 2.45) is 5.92 Å². The highest BCUT2D eigenvalue weighted by Crippen LogP contribution is 2.29. The van der Waals surface area contributed by atoms with Crippen LogP contribution < -0.4 is 9.46 Å². The summed E-state index contributed by atoms with van der Waals surface area (Å²) in [5, 5.41) is 19.8. The van der Waals surface area contributed by atoms with E-state index in [9.17, 15) is 23.3 Å². The molecule has 2 N–H and O–H groups in total. The highest BCUT2D eigenvalue weighted by Gasteiger charge is 2.29. The second-order valence-electron chi connectivity index (χ2n) is 4.77. The van der Waals surface area contributed by atoms with Crippen molar-refractivity contribution in [2.75, 3.05) is 7.11 Å². The molecule has 0 fully saturated rings. The number of nitrogens with zero attached hydrogens (tertiary/aromatic N) is 1. The second kappa shape index (κ2) is 6.71. The SMILES string of the molecule is COc1cc(S(=O)(=O)NC(C(=O)O)C(C)C)ccc1[N+](=O)[O-]. The van der Waals surface area contributed by atoms with Crippen molar-refractivity contribution < 1.29 is 28.0 Å². The van der Waals surface area contributed by atoms with Crippen molar-refractivity contribution >= 4 is 21.7 Å². The van der Waals surface area contributed by atoms with Crippen LogP contribution in [0.5, 0.6) is 5.75 Å². The number of aliphatic carboxylic acids is 1. The molecule has 0 radical (unpaired) electrons. The maximum atomic E-state index is 12.2. The van der Waals surface area contributed by atoms with Gasteiger partial charge in [0.05, 0.1) is 16.9 Å². The number of nitro benzene ring substituents is 1. The van der Waals surface area contributed by atoms with Gasteiger partial charge in [-0.3, -0.25) is 14.9 Å². The highest BCUT2D eigenvalue weighted by atomic mass is 32.2. The summed E-state index contributed by atoms with van der Waals surface area (Å²) in [6.45, 7) is 3.11. The van der Waals surface area contributed by atoms with Gasteiger partial charge in [0.25, 0.3) is 0 Å². The van der Waals surface area contributed by atoms with Gasteiger partial charge in [-0.1, -0.05) is 13.8 Å². The first kappa shape index (κ1) is 17.9. The molecule has 0 aliphatic carbocycles. The molecule has 10 heteroatoms. The lowest BCUT2D eigenvalue weighted by Gasteiger charge is -2.18. The molecule has 1 rings (SSSR count). The van der Waals surface area contributed by atoms with E-state index in [2.05, 4.69) is 4.72 Å². The predicted molar refractivity (Wildman–Crippen MR) is 76.2 cm³/mol. The van der Waals surface area contributed by atoms with Crippen LogP contribution in [0.3, 0.4) is 0 Å². The van der Waals surface area contributed by atoms with Crippen LogP contribution >= 0.6 is 0 Å². The second-order valence-corrected chi connectivity index (χ2v) is 6.49. The van der Waals surface area contributed by atoms with Crippen LogP contribution in [0.25, 0.3) is 0 Å². The fourth-order valence-corrected chi connectivity index (χ4v) is 3.04. The zero-order valence-electron chi connectivity index (χ0n) is 12.1. The quantitative estimate of drug-likeness (QED) is 0.561. The van der Waals surface area contributed by atoms with E-state index >= 15 is 0 Å². The summed E-state index contributed by atoms with van der Waals surface area (Å²) in [5.41, 5.74) is -0.389. The van der Waals surface area contributed by atoms with Gasteiger partial charge in [-0.05, 0) is 12.0 Å². The number of benzene rings is 1. The monoisotopic (exact) mass is 332 g/mol. The number of hydrogen-bond acceptors (Lipinski definition) is 6. The third-order valence-electron chi connectivity index (χ3n) is 2.87. The largest absolute Gasteiger partial charge is 0.490 e. The topological polar surface area (TPSA) is 136 Å². The number of ether oxygens (including phenoxy) is 1. The number of carbonyl (C=O) groups is 1. The number of sulfonamides is 1. The van der Waals surface area contributed by atoms with Crippen molar-refractivity contribution in [3.8, 4) is 5.75 Å². The molecule has 1 atom stereocenters. The molecule has 0 aliphatic heterocycles. The Morgan fingerprint density at radius 1 is 1.41 bits per heavy atom. The standard InChI is InChI=1S/C12H16N2O7S/c1-7(2)11(12(15)16)13-22(19,20)8-4-5-9(14(17)18)10(6-8)21-3/h4-7,11,13H,1-3H3,(H,15,16). The lowest BCUT2D eigenvalue weighted by atomic mass is 10.1. The molecule has 22 heavy (non-hydrogen) atoms. The van der Waals surface area contributed by atoms with E-state index in [1.807, 2.05) is 0 Å². The van der Waals surface area contributed by atoms with Gasteiger partial charge in [0.2, 0.25) is 10.0 Å². The first-order valence-corrected chi connectivity index (χ1v) is 7.66. The maximum absolute atomic E-state index is 12.2. The van der Waals surface area contributed by atoms with E-state index in [-0.39, 0.29) is 16.3 Å². The van der Waals surface area contributed by atoms with Gasteiger partial charge < -0.3 is 9.84 Å². The molecular weight excluding hydrogens is 316 g/mol. The average molecular weight is 332 g/mol. The Morgan fingerprint density at radius 3 is 2.41 bits per heavy atom. The molecule has 9 nitrogen and oxygen atoms in total. The van der Waals surface area contributed by atoms with Crippen LogP contribution in [0, 0.1) is 16.0 Å². The Morgan fingerprint density at radius 2 is 2.00 bits per heavy atom. The summed E-state index contributed by atoms with van der Waals surface area (Å²) in [6.07, 6.45) is 0. The first-order chi connectivity index (χ1) is 10.1. The van der Waals surface area contributed by atoms with Gasteiger partial charge in [0.15, 0.2) is 5.75 Å². The highest BCUT2D eigenvalue weighted by molar-refractivity contribution is 7.89. The van der Waals surface area contributed by atoms with E-state index in [0.29, 0.717) is 0 Å². The number of rotatable bonds is 7. The van der Waals surface area contributed by atoms with Gasteiger partial charge in [-0.2, -0.15) is 4.72 Å². The molecule has 0 bridgehead atoms. The fraction of sp³-hybridized carbons (Fsp3) is 0.417. The Kier molecular flexibility index (Phi) is 5.44. The van der Waals surface area contributed by atoms with E-state index in [4.69, 9.17) is 9.84 Å². The van der Waals surface area contributed by atoms with E-state index < -0.39 is 32.9 Å². The Hall–Kier alpha value is -2.20. The summed E-state index contributed by atoms with van der Waals surface area (Å²) in [4.78, 5) is 20.8. The molecule has 0 aromatic heterocycles. The number of nitrogens with one attached hydrogen (secondary N) is 1. The van der Waals surface area contributed by atoms with Gasteiger partial charge >= 0.3 is 11.7 Å². The van der Waals surface area contributed by atoms with Crippen molar-refractivity contribution in [3.63, 3.8) is 0 Å². The first-order valence-electron chi connectivity index (χ1n) is 6.17. The molecule has 0 spiro atoms. The van der Waals surface area contributed by atoms with Crippen LogP contribution in [0.2, 0.25) is 0 Å². The number of carboxylic acid groups (broad SMARTS) is 1. The molecule has 0 amide bonds. The lowest BCUT2D eigenvalue weighted by Crippen LogP contribution is -2.44. The number of carboxylic acids is 1. The number of hydrogen-bond donors (Lipinski definition) is 2. The molecule has 0 saturated heterocycles. The normalized spacial score (nSPS) is 12.9. The molecule has 122 valence electrons. The third kappa shape index (κ3) is 3.92. The Bertz CT molecular complexity index is 685. The van der Waals surface area contributed by atoms with Crippen LogP contribution in [0.1, 0.15) is 13.8 Å². The third-order valence-corrected chi connectivity index (χ3v) is 4.31. The zero-order valence-corrected chi connectivity index (χ0v) is 13.0. The van der Waals surface area contributed by atoms with Crippen molar-refractivity contribution in [1.82, 2.24) is 4.72 Å². The van der Waals surface area contributed by atoms with Crippen LogP contribution in [0.15, 0.2) is 23.1 Å². The van der Waals surface area contributed by atoms with Crippen LogP contribution in [0.4, 0.5) is 5.69 Å². The molecule has 0 heterocycles. The zero-order chi connectivity index (χ0) is 17.1. The number of methoxy groups -OCH3 is 1. The molecular formula is C12H16N2O7S. The summed E-state index contributed by atoms with van der Waals surface area (Å²) in [7, 11) is -2.99. The number of nitro groups is 1. The predicted octanol–water partition coefficient (Wildman–Crippen LogP) is 0.991. The van der Waals surface area contributed by atoms with Crippen molar-refractivity contribution in [3.05, 3.63) is 28.3 Å². The molecule has 0 saturated carbocycles. The van der Waals surface area contributed by atoms with Gasteiger partial charge in [-0.25, -0.2) is 8.42 Å². The minimum Gasteiger partial charge on any atom is -0.490 e. The molecule has 1 aromatic carbocycles. The lowest BCUT2D eigenvalue weighted by molar-refractivity contribution is -0.385. The summed E-state index contributed by atoms with van der Waals surface area (Å²) < 4.78 is 31.2. The van der Waals surface area contributed by atoms with Crippen LogP contribution in [-0.4, -0.2) is 37.6 Å². The molecule has 1 unspecified atom stereocenters. The smallest absolute Gasteiger partial charge is 0.322 e. The van der Waals surface area contributed by atoms with Crippen molar-refractivity contribution in [1.29, 1.82) is 0 Å². The summed E-state index contributed by atoms with van der Waals surface area (Å²) >= 11 is 0. The van der Waals surface area contributed by atoms with Gasteiger partial charge in [0, 0.05) is 12.1 Å². The summed E-state index contributed by atoms with van der Waals surface area (Å²) in [6, 6.07) is 1.66. The molecule has 1 aromatic rings. The maximum Gasteiger partial charge on any atom is 0.322 e. The van der Waals surface area contributed by atoms with E-state index in [1.54, 1.807) is 13.8 Å². The van der Waals surface area contributed by atoms with Crippen molar-refractivity contribution in [2.45, 2.75) is 24.8 Å². The van der Waals surface area contributed by atoms with E-state index in [1.165, 1.54) is 7.11 Å². The fourth-order valence-electron chi connectivity index (χ4n) is 1.68. The Labute approximate surface area is 127 Å². The average Bonchev–Trinajstić information content (AvgIpc) is 2.43. The minimum atomic E-state index is -4.16. The Balaban J connectivity index is 3.23. The minimum absolute atomic E-state index is 0.232. The van der Waals surface area contributed by atoms with E-state index in [0.717, 1.165) is 18.2 Å². The molecule has 0 aliphatic rings. The van der Waals surface area contributed by atoms with Gasteiger partial charge in [0.1, 0.15) is 6.04 Å². The summed E-state index contributed by atoms with van der Waals surface area (Å²) in [5.74, 6) is -2.02. The van der Waals surface area contributed by atoms with Gasteiger partial charge in [-0.15, -0.1) is 0 Å².